The molecule has 0 spiro atoms. The molecule has 0 N–H and O–H groups in total. The van der Waals surface area contributed by atoms with Crippen LogP contribution < -0.4 is 0 Å². The lowest BCUT2D eigenvalue weighted by Crippen LogP contribution is -2.08. The van der Waals surface area contributed by atoms with E-state index in [0.717, 1.165) is 6.07 Å². The van der Waals surface area contributed by atoms with Crippen molar-refractivity contribution in [2.24, 2.45) is 0 Å². The SMILES string of the molecule is O=C(OCc1nc(-c2cccc(Cl)c2)no1)c1c(F)cccc1Cl. The van der Waals surface area contributed by atoms with Gasteiger partial charge in [0.1, 0.15) is 11.4 Å². The lowest BCUT2D eigenvalue weighted by Gasteiger charge is -2.04. The Hall–Kier alpha value is -2.44. The zero-order valence-electron chi connectivity index (χ0n) is 12.0. The van der Waals surface area contributed by atoms with Gasteiger partial charge in [0.25, 0.3) is 5.89 Å². The summed E-state index contributed by atoms with van der Waals surface area (Å²) in [7, 11) is 0. The summed E-state index contributed by atoms with van der Waals surface area (Å²) >= 11 is 11.7. The largest absolute Gasteiger partial charge is 0.452 e. The van der Waals surface area contributed by atoms with Crippen LogP contribution in [0.3, 0.4) is 0 Å². The summed E-state index contributed by atoms with van der Waals surface area (Å²) < 4.78 is 23.6. The molecule has 0 amide bonds. The van der Waals surface area contributed by atoms with Crippen LogP contribution in [-0.4, -0.2) is 16.1 Å². The summed E-state index contributed by atoms with van der Waals surface area (Å²) in [5.41, 5.74) is 0.315. The number of carbonyl (C=O) groups excluding carboxylic acids is 1. The third kappa shape index (κ3) is 3.55. The first-order chi connectivity index (χ1) is 11.5. The molecule has 0 saturated carbocycles. The molecule has 0 unspecified atom stereocenters. The van der Waals surface area contributed by atoms with Gasteiger partial charge < -0.3 is 9.26 Å². The summed E-state index contributed by atoms with van der Waals surface area (Å²) in [6.45, 7) is -0.308. The molecule has 2 aromatic carbocycles. The van der Waals surface area contributed by atoms with Crippen molar-refractivity contribution < 1.29 is 18.4 Å². The minimum Gasteiger partial charge on any atom is -0.452 e. The second-order valence-corrected chi connectivity index (χ2v) is 5.54. The van der Waals surface area contributed by atoms with Crippen LogP contribution in [0.5, 0.6) is 0 Å². The van der Waals surface area contributed by atoms with Crippen LogP contribution in [0, 0.1) is 5.82 Å². The number of hydrogen-bond donors (Lipinski definition) is 0. The Morgan fingerprint density at radius 2 is 2.00 bits per heavy atom. The fraction of sp³-hybridized carbons (Fsp3) is 0.0625. The van der Waals surface area contributed by atoms with Crippen LogP contribution in [0.2, 0.25) is 10.0 Å². The number of carbonyl (C=O) groups is 1. The van der Waals surface area contributed by atoms with Gasteiger partial charge in [-0.25, -0.2) is 9.18 Å². The number of esters is 1. The molecule has 0 aliphatic heterocycles. The van der Waals surface area contributed by atoms with E-state index in [4.69, 9.17) is 32.5 Å². The third-order valence-corrected chi connectivity index (χ3v) is 3.59. The first-order valence-electron chi connectivity index (χ1n) is 6.74. The van der Waals surface area contributed by atoms with Crippen LogP contribution >= 0.6 is 23.2 Å². The molecule has 3 aromatic rings. The van der Waals surface area contributed by atoms with Gasteiger partial charge in [-0.2, -0.15) is 4.98 Å². The number of benzene rings is 2. The predicted octanol–water partition coefficient (Wildman–Crippen LogP) is 4.54. The molecule has 0 aliphatic rings. The van der Waals surface area contributed by atoms with E-state index in [-0.39, 0.29) is 23.1 Å². The Balaban J connectivity index is 1.71. The average Bonchev–Trinajstić information content (AvgIpc) is 3.02. The zero-order chi connectivity index (χ0) is 17.1. The van der Waals surface area contributed by atoms with Crippen molar-refractivity contribution in [1.82, 2.24) is 10.1 Å². The molecular weight excluding hydrogens is 358 g/mol. The van der Waals surface area contributed by atoms with E-state index in [1.54, 1.807) is 24.3 Å². The number of ether oxygens (including phenoxy) is 1. The maximum absolute atomic E-state index is 13.6. The Morgan fingerprint density at radius 1 is 1.21 bits per heavy atom. The van der Waals surface area contributed by atoms with Crippen molar-refractivity contribution in [1.29, 1.82) is 0 Å². The molecular formula is C16H9Cl2FN2O3. The molecule has 0 bridgehead atoms. The molecule has 3 rings (SSSR count). The maximum Gasteiger partial charge on any atom is 0.343 e. The minimum atomic E-state index is -0.916. The second kappa shape index (κ2) is 6.98. The van der Waals surface area contributed by atoms with Gasteiger partial charge in [-0.05, 0) is 24.3 Å². The van der Waals surface area contributed by atoms with Gasteiger partial charge in [0.15, 0.2) is 6.61 Å². The van der Waals surface area contributed by atoms with E-state index in [1.165, 1.54) is 12.1 Å². The van der Waals surface area contributed by atoms with Crippen LogP contribution in [0.25, 0.3) is 11.4 Å². The Kier molecular flexibility index (Phi) is 4.78. The van der Waals surface area contributed by atoms with Crippen LogP contribution in [0.4, 0.5) is 4.39 Å². The van der Waals surface area contributed by atoms with E-state index < -0.39 is 11.8 Å². The topological polar surface area (TPSA) is 65.2 Å². The normalized spacial score (nSPS) is 10.6. The molecule has 0 atom stereocenters. The molecule has 0 saturated heterocycles. The average molecular weight is 367 g/mol. The van der Waals surface area contributed by atoms with Gasteiger partial charge in [0.2, 0.25) is 5.82 Å². The van der Waals surface area contributed by atoms with Crippen molar-refractivity contribution in [3.63, 3.8) is 0 Å². The van der Waals surface area contributed by atoms with E-state index >= 15 is 0 Å². The van der Waals surface area contributed by atoms with Gasteiger partial charge in [-0.15, -0.1) is 0 Å². The lowest BCUT2D eigenvalue weighted by atomic mass is 10.2. The fourth-order valence-electron chi connectivity index (χ4n) is 1.95. The highest BCUT2D eigenvalue weighted by Gasteiger charge is 2.18. The van der Waals surface area contributed by atoms with Crippen molar-refractivity contribution in [2.45, 2.75) is 6.61 Å². The number of halogens is 3. The first-order valence-corrected chi connectivity index (χ1v) is 7.50. The molecule has 24 heavy (non-hydrogen) atoms. The van der Waals surface area contributed by atoms with Crippen molar-refractivity contribution in [3.8, 4) is 11.4 Å². The molecule has 0 radical (unpaired) electrons. The number of nitrogens with zero attached hydrogens (tertiary/aromatic N) is 2. The fourth-order valence-corrected chi connectivity index (χ4v) is 2.38. The number of hydrogen-bond acceptors (Lipinski definition) is 5. The minimum absolute atomic E-state index is 0.0369. The highest BCUT2D eigenvalue weighted by molar-refractivity contribution is 6.33. The third-order valence-electron chi connectivity index (χ3n) is 3.04. The Labute approximate surface area is 146 Å². The molecule has 0 fully saturated rings. The predicted molar refractivity (Wildman–Crippen MR) is 85.3 cm³/mol. The second-order valence-electron chi connectivity index (χ2n) is 4.69. The molecule has 1 heterocycles. The first kappa shape index (κ1) is 16.4. The van der Waals surface area contributed by atoms with Crippen molar-refractivity contribution in [3.05, 3.63) is 69.8 Å². The van der Waals surface area contributed by atoms with E-state index in [1.807, 2.05) is 0 Å². The van der Waals surface area contributed by atoms with E-state index in [2.05, 4.69) is 10.1 Å². The van der Waals surface area contributed by atoms with E-state index in [0.29, 0.717) is 16.4 Å². The van der Waals surface area contributed by atoms with Gasteiger partial charge in [0.05, 0.1) is 5.02 Å². The summed E-state index contributed by atoms with van der Waals surface area (Å²) in [5.74, 6) is -1.32. The Bertz CT molecular complexity index is 878. The summed E-state index contributed by atoms with van der Waals surface area (Å²) in [6.07, 6.45) is 0. The quantitative estimate of drug-likeness (QED) is 0.634. The highest BCUT2D eigenvalue weighted by atomic mass is 35.5. The molecule has 0 aliphatic carbocycles. The van der Waals surface area contributed by atoms with Gasteiger partial charge in [0, 0.05) is 10.6 Å². The lowest BCUT2D eigenvalue weighted by molar-refractivity contribution is 0.0424. The smallest absolute Gasteiger partial charge is 0.343 e. The van der Waals surface area contributed by atoms with Gasteiger partial charge in [-0.1, -0.05) is 46.6 Å². The van der Waals surface area contributed by atoms with E-state index in [9.17, 15) is 9.18 Å². The zero-order valence-corrected chi connectivity index (χ0v) is 13.5. The molecule has 122 valence electrons. The van der Waals surface area contributed by atoms with Crippen molar-refractivity contribution in [2.75, 3.05) is 0 Å². The van der Waals surface area contributed by atoms with Crippen molar-refractivity contribution >= 4 is 29.2 Å². The monoisotopic (exact) mass is 366 g/mol. The number of aromatic nitrogens is 2. The summed E-state index contributed by atoms with van der Waals surface area (Å²) in [5, 5.41) is 4.27. The molecule has 8 heteroatoms. The Morgan fingerprint density at radius 3 is 2.75 bits per heavy atom. The summed E-state index contributed by atoms with van der Waals surface area (Å²) in [4.78, 5) is 16.0. The molecule has 1 aromatic heterocycles. The van der Waals surface area contributed by atoms with Crippen LogP contribution in [0.15, 0.2) is 47.0 Å². The standard InChI is InChI=1S/C16H9Cl2FN2O3/c17-10-4-1-3-9(7-10)15-20-13(24-21-15)8-23-16(22)14-11(18)5-2-6-12(14)19/h1-7H,8H2. The molecule has 5 nitrogen and oxygen atoms in total. The maximum atomic E-state index is 13.6. The van der Waals surface area contributed by atoms with Gasteiger partial charge >= 0.3 is 5.97 Å². The van der Waals surface area contributed by atoms with Crippen LogP contribution in [-0.2, 0) is 11.3 Å². The highest BCUT2D eigenvalue weighted by Crippen LogP contribution is 2.22. The summed E-state index contributed by atoms with van der Waals surface area (Å²) in [6, 6.07) is 10.8. The van der Waals surface area contributed by atoms with Crippen LogP contribution in [0.1, 0.15) is 16.2 Å². The van der Waals surface area contributed by atoms with Gasteiger partial charge in [-0.3, -0.25) is 0 Å². The number of rotatable bonds is 4.